The maximum absolute atomic E-state index is 12.2. The van der Waals surface area contributed by atoms with Gasteiger partial charge in [0.1, 0.15) is 13.2 Å². The van der Waals surface area contributed by atoms with Gasteiger partial charge < -0.3 is 25.0 Å². The third-order valence-corrected chi connectivity index (χ3v) is 4.32. The Morgan fingerprint density at radius 1 is 0.893 bits per heavy atom. The van der Waals surface area contributed by atoms with Crippen molar-refractivity contribution in [2.45, 2.75) is 32.1 Å². The summed E-state index contributed by atoms with van der Waals surface area (Å²) in [5.74, 6) is -2.16. The Bertz CT molecular complexity index is 673. The topological polar surface area (TPSA) is 125 Å². The highest BCUT2D eigenvalue weighted by Gasteiger charge is 2.15. The number of rotatable bonds is 3. The number of carbonyl (C=O) groups is 3. The van der Waals surface area contributed by atoms with Gasteiger partial charge in [-0.25, -0.2) is 9.59 Å². The molecular formula is C19H26N2O7. The van der Waals surface area contributed by atoms with Gasteiger partial charge in [0, 0.05) is 11.8 Å². The number of likely N-dealkylation sites (tertiary alicyclic amines) is 1. The molecule has 0 radical (unpaired) electrons. The quantitative estimate of drug-likeness (QED) is 0.663. The van der Waals surface area contributed by atoms with Gasteiger partial charge in [-0.05, 0) is 38.1 Å². The molecule has 1 fully saturated rings. The number of hydrogen-bond donors (Lipinski definition) is 3. The van der Waals surface area contributed by atoms with Crippen molar-refractivity contribution >= 4 is 23.5 Å². The van der Waals surface area contributed by atoms with Crippen molar-refractivity contribution in [2.24, 2.45) is 0 Å². The first-order valence-corrected chi connectivity index (χ1v) is 9.34. The van der Waals surface area contributed by atoms with Gasteiger partial charge >= 0.3 is 11.9 Å². The number of carboxylic acid groups (broad SMARTS) is 2. The monoisotopic (exact) mass is 394 g/mol. The molecule has 0 aromatic heterocycles. The van der Waals surface area contributed by atoms with Crippen LogP contribution in [-0.2, 0) is 14.4 Å². The first-order valence-electron chi connectivity index (χ1n) is 9.34. The molecule has 9 heteroatoms. The lowest BCUT2D eigenvalue weighted by Crippen LogP contribution is -2.35. The lowest BCUT2D eigenvalue weighted by Gasteiger charge is -2.24. The van der Waals surface area contributed by atoms with E-state index in [9.17, 15) is 4.79 Å². The van der Waals surface area contributed by atoms with Gasteiger partial charge in [-0.2, -0.15) is 0 Å². The van der Waals surface area contributed by atoms with E-state index in [1.165, 1.54) is 32.1 Å². The Hall–Kier alpha value is -2.81. The minimum atomic E-state index is -1.82. The summed E-state index contributed by atoms with van der Waals surface area (Å²) in [6.07, 6.45) is 6.27. The summed E-state index contributed by atoms with van der Waals surface area (Å²) in [5.41, 5.74) is 0.765. The number of amides is 1. The first-order chi connectivity index (χ1) is 13.5. The third-order valence-electron chi connectivity index (χ3n) is 4.32. The minimum Gasteiger partial charge on any atom is -0.486 e. The van der Waals surface area contributed by atoms with Crippen LogP contribution in [0.3, 0.4) is 0 Å². The van der Waals surface area contributed by atoms with E-state index in [1.54, 1.807) is 0 Å². The zero-order valence-electron chi connectivity index (χ0n) is 15.7. The Labute approximate surface area is 163 Å². The van der Waals surface area contributed by atoms with E-state index >= 15 is 0 Å². The second-order valence-corrected chi connectivity index (χ2v) is 6.56. The van der Waals surface area contributed by atoms with Crippen LogP contribution in [0.1, 0.15) is 32.1 Å². The molecule has 28 heavy (non-hydrogen) atoms. The number of hydrogen-bond acceptors (Lipinski definition) is 6. The highest BCUT2D eigenvalue weighted by atomic mass is 16.6. The number of anilines is 1. The van der Waals surface area contributed by atoms with Gasteiger partial charge in [-0.15, -0.1) is 0 Å². The molecule has 0 aliphatic carbocycles. The largest absolute Gasteiger partial charge is 0.486 e. The van der Waals surface area contributed by atoms with Crippen molar-refractivity contribution in [2.75, 3.05) is 38.2 Å². The summed E-state index contributed by atoms with van der Waals surface area (Å²) in [4.78, 5) is 32.7. The normalized spacial score (nSPS) is 16.6. The highest BCUT2D eigenvalue weighted by Crippen LogP contribution is 2.32. The second-order valence-electron chi connectivity index (χ2n) is 6.56. The molecule has 1 saturated heterocycles. The summed E-state index contributed by atoms with van der Waals surface area (Å²) in [5, 5.41) is 17.7. The molecular weight excluding hydrogens is 368 g/mol. The van der Waals surface area contributed by atoms with Gasteiger partial charge in [0.15, 0.2) is 11.5 Å². The lowest BCUT2D eigenvalue weighted by atomic mass is 10.1. The van der Waals surface area contributed by atoms with E-state index in [1.807, 2.05) is 18.2 Å². The predicted molar refractivity (Wildman–Crippen MR) is 101 cm³/mol. The molecule has 0 spiro atoms. The van der Waals surface area contributed by atoms with Crippen LogP contribution >= 0.6 is 0 Å². The molecule has 3 rings (SSSR count). The van der Waals surface area contributed by atoms with Crippen molar-refractivity contribution < 1.29 is 34.1 Å². The molecule has 9 nitrogen and oxygen atoms in total. The van der Waals surface area contributed by atoms with Crippen molar-refractivity contribution in [3.8, 4) is 11.5 Å². The Balaban J connectivity index is 0.000000409. The van der Waals surface area contributed by atoms with E-state index in [4.69, 9.17) is 29.3 Å². The molecule has 0 saturated carbocycles. The minimum absolute atomic E-state index is 0.0391. The van der Waals surface area contributed by atoms with Gasteiger partial charge in [0.2, 0.25) is 5.91 Å². The summed E-state index contributed by atoms with van der Waals surface area (Å²) < 4.78 is 11.0. The van der Waals surface area contributed by atoms with E-state index in [0.717, 1.165) is 24.5 Å². The molecule has 1 amide bonds. The number of benzene rings is 1. The average Bonchev–Trinajstić information content (AvgIpc) is 2.64. The molecule has 2 aliphatic rings. The molecule has 0 unspecified atom stereocenters. The van der Waals surface area contributed by atoms with Crippen LogP contribution in [0.5, 0.6) is 11.5 Å². The zero-order chi connectivity index (χ0) is 20.4. The van der Waals surface area contributed by atoms with Gasteiger partial charge in [-0.1, -0.05) is 19.3 Å². The van der Waals surface area contributed by atoms with Crippen LogP contribution in [0.2, 0.25) is 0 Å². The van der Waals surface area contributed by atoms with Gasteiger partial charge in [0.05, 0.1) is 6.54 Å². The average molecular weight is 394 g/mol. The molecule has 3 N–H and O–H groups in total. The predicted octanol–water partition coefficient (Wildman–Crippen LogP) is 1.82. The SMILES string of the molecule is O=C(CN1CCCCCCC1)Nc1ccc2c(c1)OCCO2.O=C(O)C(=O)O. The number of aliphatic carboxylic acids is 2. The van der Waals surface area contributed by atoms with E-state index in [0.29, 0.717) is 25.5 Å². The van der Waals surface area contributed by atoms with Gasteiger partial charge in [-0.3, -0.25) is 9.69 Å². The second kappa shape index (κ2) is 11.1. The van der Waals surface area contributed by atoms with Crippen LogP contribution in [0.4, 0.5) is 5.69 Å². The van der Waals surface area contributed by atoms with Crippen LogP contribution in [-0.4, -0.2) is 65.8 Å². The fraction of sp³-hybridized carbons (Fsp3) is 0.526. The number of nitrogens with one attached hydrogen (secondary N) is 1. The number of nitrogens with zero attached hydrogens (tertiary/aromatic N) is 1. The van der Waals surface area contributed by atoms with Crippen molar-refractivity contribution in [1.29, 1.82) is 0 Å². The molecule has 154 valence electrons. The van der Waals surface area contributed by atoms with Crippen molar-refractivity contribution in [3.05, 3.63) is 18.2 Å². The number of carbonyl (C=O) groups excluding carboxylic acids is 1. The number of carboxylic acids is 2. The van der Waals surface area contributed by atoms with Gasteiger partial charge in [0.25, 0.3) is 0 Å². The standard InChI is InChI=1S/C17H24N2O3.C2H2O4/c20-17(13-19-8-4-2-1-3-5-9-19)18-14-6-7-15-16(12-14)22-11-10-21-15;3-1(4)2(5)6/h6-7,12H,1-5,8-11,13H2,(H,18,20);(H,3,4)(H,5,6). The van der Waals surface area contributed by atoms with Crippen LogP contribution in [0, 0.1) is 0 Å². The Morgan fingerprint density at radius 3 is 2.07 bits per heavy atom. The molecule has 1 aromatic carbocycles. The molecule has 0 atom stereocenters. The highest BCUT2D eigenvalue weighted by molar-refractivity contribution is 6.27. The third kappa shape index (κ3) is 7.43. The molecule has 2 aliphatic heterocycles. The summed E-state index contributed by atoms with van der Waals surface area (Å²) in [6.45, 7) is 3.64. The Kier molecular flexibility index (Phi) is 8.54. The first kappa shape index (κ1) is 21.5. The molecule has 1 aromatic rings. The maximum atomic E-state index is 12.2. The maximum Gasteiger partial charge on any atom is 0.414 e. The van der Waals surface area contributed by atoms with Crippen LogP contribution in [0.15, 0.2) is 18.2 Å². The smallest absolute Gasteiger partial charge is 0.414 e. The lowest BCUT2D eigenvalue weighted by molar-refractivity contribution is -0.159. The molecule has 2 heterocycles. The summed E-state index contributed by atoms with van der Waals surface area (Å²) in [6, 6.07) is 5.54. The molecule has 0 bridgehead atoms. The van der Waals surface area contributed by atoms with E-state index in [2.05, 4.69) is 10.2 Å². The number of fused-ring (bicyclic) bond motifs is 1. The summed E-state index contributed by atoms with van der Waals surface area (Å²) in [7, 11) is 0. The Morgan fingerprint density at radius 2 is 1.46 bits per heavy atom. The summed E-state index contributed by atoms with van der Waals surface area (Å²) >= 11 is 0. The van der Waals surface area contributed by atoms with E-state index in [-0.39, 0.29) is 5.91 Å². The number of ether oxygens (including phenoxy) is 2. The van der Waals surface area contributed by atoms with Crippen LogP contribution < -0.4 is 14.8 Å². The fourth-order valence-corrected chi connectivity index (χ4v) is 3.00. The van der Waals surface area contributed by atoms with E-state index < -0.39 is 11.9 Å². The fourth-order valence-electron chi connectivity index (χ4n) is 3.00. The van der Waals surface area contributed by atoms with Crippen molar-refractivity contribution in [3.63, 3.8) is 0 Å². The van der Waals surface area contributed by atoms with Crippen LogP contribution in [0.25, 0.3) is 0 Å². The van der Waals surface area contributed by atoms with Crippen molar-refractivity contribution in [1.82, 2.24) is 4.90 Å². The zero-order valence-corrected chi connectivity index (χ0v) is 15.7.